The smallest absolute Gasteiger partial charge is 0.303 e. The lowest BCUT2D eigenvalue weighted by Crippen LogP contribution is -2.64. The molecular formula is C19H31BrO4. The van der Waals surface area contributed by atoms with Crippen LogP contribution in [0.5, 0.6) is 0 Å². The number of rotatable bonds is 3. The van der Waals surface area contributed by atoms with E-state index in [4.69, 9.17) is 9.47 Å². The molecule has 2 rings (SSSR count). The number of hydrogen-bond acceptors (Lipinski definition) is 4. The van der Waals surface area contributed by atoms with E-state index < -0.39 is 5.60 Å². The minimum atomic E-state index is -0.599. The molecule has 0 aromatic carbocycles. The van der Waals surface area contributed by atoms with E-state index in [1.807, 2.05) is 6.92 Å². The summed E-state index contributed by atoms with van der Waals surface area (Å²) in [6.45, 7) is 11.6. The van der Waals surface area contributed by atoms with Gasteiger partial charge in [0, 0.05) is 24.6 Å². The maximum absolute atomic E-state index is 11.8. The Bertz CT molecular complexity index is 506. The summed E-state index contributed by atoms with van der Waals surface area (Å²) in [4.78, 5) is 23.9. The number of ether oxygens (including phenoxy) is 2. The second kappa shape index (κ2) is 6.97. The highest BCUT2D eigenvalue weighted by atomic mass is 79.9. The average molecular weight is 403 g/mol. The van der Waals surface area contributed by atoms with Gasteiger partial charge in [0.25, 0.3) is 0 Å². The third-order valence-corrected chi connectivity index (χ3v) is 7.78. The van der Waals surface area contributed by atoms with Crippen LogP contribution in [-0.4, -0.2) is 28.5 Å². The SMILES string of the molecule is CC(=O)O[C@H]1[C@@H](C(C)C)CC[C@@]2(C)[C@H](Br)CC[C@@](C)(OC(C)=O)[C@H]12. The highest BCUT2D eigenvalue weighted by Gasteiger charge is 2.62. The molecule has 0 saturated heterocycles. The zero-order valence-corrected chi connectivity index (χ0v) is 17.3. The monoisotopic (exact) mass is 402 g/mol. The third kappa shape index (κ3) is 3.51. The predicted octanol–water partition coefficient (Wildman–Crippen LogP) is 4.49. The number of carbonyl (C=O) groups is 2. The van der Waals surface area contributed by atoms with Crippen molar-refractivity contribution in [2.75, 3.05) is 0 Å². The normalized spacial score (nSPS) is 42.3. The zero-order valence-electron chi connectivity index (χ0n) is 15.7. The molecule has 2 aliphatic rings. The quantitative estimate of drug-likeness (QED) is 0.515. The molecule has 0 aromatic heterocycles. The van der Waals surface area contributed by atoms with Gasteiger partial charge >= 0.3 is 11.9 Å². The summed E-state index contributed by atoms with van der Waals surface area (Å²) in [5.41, 5.74) is -0.660. The molecule has 0 radical (unpaired) electrons. The molecule has 0 aromatic rings. The molecule has 5 heteroatoms. The van der Waals surface area contributed by atoms with Gasteiger partial charge < -0.3 is 9.47 Å². The van der Waals surface area contributed by atoms with E-state index >= 15 is 0 Å². The molecule has 138 valence electrons. The first-order valence-corrected chi connectivity index (χ1v) is 9.93. The van der Waals surface area contributed by atoms with Crippen molar-refractivity contribution in [1.29, 1.82) is 0 Å². The maximum Gasteiger partial charge on any atom is 0.303 e. The van der Waals surface area contributed by atoms with Gasteiger partial charge in [-0.3, -0.25) is 9.59 Å². The first-order valence-electron chi connectivity index (χ1n) is 9.02. The summed E-state index contributed by atoms with van der Waals surface area (Å²) in [6, 6.07) is 0. The van der Waals surface area contributed by atoms with Crippen molar-refractivity contribution in [3.05, 3.63) is 0 Å². The van der Waals surface area contributed by atoms with E-state index in [2.05, 4.69) is 36.7 Å². The van der Waals surface area contributed by atoms with Crippen molar-refractivity contribution < 1.29 is 19.1 Å². The highest BCUT2D eigenvalue weighted by Crippen LogP contribution is 2.60. The molecule has 0 heterocycles. The number of hydrogen-bond donors (Lipinski definition) is 0. The van der Waals surface area contributed by atoms with Crippen molar-refractivity contribution in [2.45, 2.75) is 83.8 Å². The summed E-state index contributed by atoms with van der Waals surface area (Å²) in [5, 5.41) is 0. The maximum atomic E-state index is 11.8. The number of alkyl halides is 1. The van der Waals surface area contributed by atoms with E-state index in [0.717, 1.165) is 25.7 Å². The lowest BCUT2D eigenvalue weighted by Gasteiger charge is -2.60. The third-order valence-electron chi connectivity index (χ3n) is 6.28. The molecule has 0 unspecified atom stereocenters. The van der Waals surface area contributed by atoms with Crippen LogP contribution in [0, 0.1) is 23.2 Å². The molecule has 2 aliphatic carbocycles. The number of fused-ring (bicyclic) bond motifs is 1. The lowest BCUT2D eigenvalue weighted by molar-refractivity contribution is -0.215. The number of carbonyl (C=O) groups excluding carboxylic acids is 2. The predicted molar refractivity (Wildman–Crippen MR) is 96.8 cm³/mol. The summed E-state index contributed by atoms with van der Waals surface area (Å²) >= 11 is 3.87. The van der Waals surface area contributed by atoms with Crippen LogP contribution in [0.2, 0.25) is 0 Å². The Hall–Kier alpha value is -0.580. The minimum absolute atomic E-state index is 0.00271. The van der Waals surface area contributed by atoms with E-state index in [-0.39, 0.29) is 29.4 Å². The average Bonchev–Trinajstić information content (AvgIpc) is 2.41. The van der Waals surface area contributed by atoms with E-state index in [0.29, 0.717) is 16.7 Å². The van der Waals surface area contributed by atoms with E-state index in [1.54, 1.807) is 0 Å². The molecule has 2 saturated carbocycles. The van der Waals surface area contributed by atoms with Crippen LogP contribution in [0.25, 0.3) is 0 Å². The molecule has 6 atom stereocenters. The molecular weight excluding hydrogens is 372 g/mol. The first kappa shape index (κ1) is 19.7. The molecule has 0 N–H and O–H groups in total. The summed E-state index contributed by atoms with van der Waals surface area (Å²) in [7, 11) is 0. The molecule has 0 aliphatic heterocycles. The Morgan fingerprint density at radius 1 is 1.08 bits per heavy atom. The van der Waals surface area contributed by atoms with Gasteiger partial charge in [-0.25, -0.2) is 0 Å². The van der Waals surface area contributed by atoms with Crippen LogP contribution in [0.4, 0.5) is 0 Å². The molecule has 0 bridgehead atoms. The van der Waals surface area contributed by atoms with Crippen molar-refractivity contribution >= 4 is 27.9 Å². The van der Waals surface area contributed by atoms with Crippen LogP contribution in [-0.2, 0) is 19.1 Å². The molecule has 2 fully saturated rings. The first-order chi connectivity index (χ1) is 11.0. The van der Waals surface area contributed by atoms with E-state index in [9.17, 15) is 9.59 Å². The zero-order chi connectivity index (χ0) is 18.3. The van der Waals surface area contributed by atoms with Crippen LogP contribution in [0.1, 0.15) is 67.2 Å². The fourth-order valence-corrected chi connectivity index (χ4v) is 5.96. The van der Waals surface area contributed by atoms with Gasteiger partial charge in [-0.2, -0.15) is 0 Å². The van der Waals surface area contributed by atoms with Crippen molar-refractivity contribution in [2.24, 2.45) is 23.2 Å². The molecule has 4 nitrogen and oxygen atoms in total. The van der Waals surface area contributed by atoms with Gasteiger partial charge in [-0.05, 0) is 49.9 Å². The fourth-order valence-electron chi connectivity index (χ4n) is 5.22. The summed E-state index contributed by atoms with van der Waals surface area (Å²) in [5.74, 6) is 0.186. The Morgan fingerprint density at radius 2 is 1.71 bits per heavy atom. The standard InChI is InChI=1S/C19H31BrO4/c1-11(2)14-7-9-18(5)15(20)8-10-19(6,24-13(4)22)17(18)16(14)23-12(3)21/h11,14-17H,7-10H2,1-6H3/t14-,15-,16+,17-,18+,19-/m1/s1. The molecule has 0 spiro atoms. The second-order valence-electron chi connectivity index (χ2n) is 8.42. The van der Waals surface area contributed by atoms with Gasteiger partial charge in [-0.1, -0.05) is 36.7 Å². The topological polar surface area (TPSA) is 52.6 Å². The van der Waals surface area contributed by atoms with Gasteiger partial charge in [0.15, 0.2) is 0 Å². The van der Waals surface area contributed by atoms with Crippen LogP contribution >= 0.6 is 15.9 Å². The van der Waals surface area contributed by atoms with Crippen molar-refractivity contribution in [3.8, 4) is 0 Å². The van der Waals surface area contributed by atoms with Crippen molar-refractivity contribution in [1.82, 2.24) is 0 Å². The summed E-state index contributed by atoms with van der Waals surface area (Å²) < 4.78 is 11.7. The Kier molecular flexibility index (Phi) is 5.73. The molecule has 0 amide bonds. The lowest BCUT2D eigenvalue weighted by atomic mass is 9.51. The minimum Gasteiger partial charge on any atom is -0.462 e. The Balaban J connectivity index is 2.50. The fraction of sp³-hybridized carbons (Fsp3) is 0.895. The van der Waals surface area contributed by atoms with Crippen LogP contribution in [0.3, 0.4) is 0 Å². The van der Waals surface area contributed by atoms with E-state index in [1.165, 1.54) is 13.8 Å². The summed E-state index contributed by atoms with van der Waals surface area (Å²) in [6.07, 6.45) is 3.60. The van der Waals surface area contributed by atoms with Crippen molar-refractivity contribution in [3.63, 3.8) is 0 Å². The second-order valence-corrected chi connectivity index (χ2v) is 9.52. The largest absolute Gasteiger partial charge is 0.462 e. The van der Waals surface area contributed by atoms with Crippen LogP contribution < -0.4 is 0 Å². The van der Waals surface area contributed by atoms with Gasteiger partial charge in [0.05, 0.1) is 0 Å². The number of halogens is 1. The Morgan fingerprint density at radius 3 is 2.21 bits per heavy atom. The van der Waals surface area contributed by atoms with Gasteiger partial charge in [0.2, 0.25) is 0 Å². The van der Waals surface area contributed by atoms with Gasteiger partial charge in [0.1, 0.15) is 11.7 Å². The highest BCUT2D eigenvalue weighted by molar-refractivity contribution is 9.09. The van der Waals surface area contributed by atoms with Gasteiger partial charge in [-0.15, -0.1) is 0 Å². The molecule has 24 heavy (non-hydrogen) atoms. The van der Waals surface area contributed by atoms with Crippen LogP contribution in [0.15, 0.2) is 0 Å². The Labute approximate surface area is 154 Å². The number of esters is 2.